The summed E-state index contributed by atoms with van der Waals surface area (Å²) in [6.45, 7) is 0.274. The van der Waals surface area contributed by atoms with Gasteiger partial charge in [0.2, 0.25) is 20.0 Å². The average molecular weight is 332 g/mol. The summed E-state index contributed by atoms with van der Waals surface area (Å²) in [4.78, 5) is 0. The van der Waals surface area contributed by atoms with Crippen molar-refractivity contribution in [2.24, 2.45) is 0 Å². The molecule has 21 heavy (non-hydrogen) atoms. The molecule has 0 saturated heterocycles. The number of sulfonamides is 2. The molecule has 0 bridgehead atoms. The Labute approximate surface area is 126 Å². The van der Waals surface area contributed by atoms with Crippen LogP contribution in [-0.4, -0.2) is 46.5 Å². The van der Waals surface area contributed by atoms with E-state index in [2.05, 4.69) is 4.72 Å². The number of nitrogens with zero attached hydrogens (tertiary/aromatic N) is 1. The standard InChI is InChI=1S/C13H20N2O4S2/c1-20(16,17)14-9-10-15(13-7-8-13)21(18,19)11-12-5-3-2-4-6-12/h2-6,13-14H,7-11H2,1H3. The van der Waals surface area contributed by atoms with E-state index in [1.807, 2.05) is 6.07 Å². The van der Waals surface area contributed by atoms with Crippen molar-refractivity contribution in [2.45, 2.75) is 24.6 Å². The topological polar surface area (TPSA) is 83.6 Å². The fourth-order valence-corrected chi connectivity index (χ4v) is 4.40. The van der Waals surface area contributed by atoms with Crippen molar-refractivity contribution in [3.63, 3.8) is 0 Å². The quantitative estimate of drug-likeness (QED) is 0.753. The second-order valence-electron chi connectivity index (χ2n) is 5.25. The van der Waals surface area contributed by atoms with Crippen LogP contribution in [-0.2, 0) is 25.8 Å². The molecule has 1 aliphatic rings. The van der Waals surface area contributed by atoms with Gasteiger partial charge in [0.05, 0.1) is 12.0 Å². The van der Waals surface area contributed by atoms with Crippen LogP contribution < -0.4 is 4.72 Å². The number of benzene rings is 1. The van der Waals surface area contributed by atoms with Gasteiger partial charge < -0.3 is 0 Å². The second-order valence-corrected chi connectivity index (χ2v) is 9.00. The lowest BCUT2D eigenvalue weighted by Crippen LogP contribution is -2.40. The minimum atomic E-state index is -3.43. The molecule has 6 nitrogen and oxygen atoms in total. The van der Waals surface area contributed by atoms with Gasteiger partial charge in [0.1, 0.15) is 0 Å². The number of rotatable bonds is 8. The average Bonchev–Trinajstić information content (AvgIpc) is 3.18. The van der Waals surface area contributed by atoms with Crippen LogP contribution in [0.25, 0.3) is 0 Å². The fourth-order valence-electron chi connectivity index (χ4n) is 2.12. The van der Waals surface area contributed by atoms with E-state index in [1.54, 1.807) is 24.3 Å². The van der Waals surface area contributed by atoms with Gasteiger partial charge in [-0.1, -0.05) is 30.3 Å². The van der Waals surface area contributed by atoms with Crippen LogP contribution in [0.15, 0.2) is 30.3 Å². The summed E-state index contributed by atoms with van der Waals surface area (Å²) in [5.74, 6) is -0.0524. The summed E-state index contributed by atoms with van der Waals surface area (Å²) in [5.41, 5.74) is 0.735. The Morgan fingerprint density at radius 2 is 1.76 bits per heavy atom. The van der Waals surface area contributed by atoms with E-state index in [0.29, 0.717) is 0 Å². The van der Waals surface area contributed by atoms with Gasteiger partial charge in [-0.2, -0.15) is 4.31 Å². The van der Waals surface area contributed by atoms with Gasteiger partial charge in [0.15, 0.2) is 0 Å². The Kier molecular flexibility index (Phi) is 5.03. The first-order valence-electron chi connectivity index (χ1n) is 6.76. The zero-order chi connectivity index (χ0) is 15.5. The van der Waals surface area contributed by atoms with Crippen LogP contribution in [0.5, 0.6) is 0 Å². The predicted octanol–water partition coefficient (Wildman–Crippen LogP) is 0.530. The highest BCUT2D eigenvalue weighted by atomic mass is 32.2. The fraction of sp³-hybridized carbons (Fsp3) is 0.538. The maximum absolute atomic E-state index is 12.5. The summed E-state index contributed by atoms with van der Waals surface area (Å²) < 4.78 is 50.9. The minimum absolute atomic E-state index is 0.0140. The molecular weight excluding hydrogens is 312 g/mol. The van der Waals surface area contributed by atoms with Gasteiger partial charge in [-0.15, -0.1) is 0 Å². The van der Waals surface area contributed by atoms with Crippen molar-refractivity contribution in [2.75, 3.05) is 19.3 Å². The van der Waals surface area contributed by atoms with Gasteiger partial charge >= 0.3 is 0 Å². The molecule has 1 aromatic carbocycles. The zero-order valence-corrected chi connectivity index (χ0v) is 13.5. The molecule has 0 atom stereocenters. The number of nitrogens with one attached hydrogen (secondary N) is 1. The summed E-state index contributed by atoms with van der Waals surface area (Å²) in [6, 6.07) is 9.01. The van der Waals surface area contributed by atoms with Crippen molar-refractivity contribution < 1.29 is 16.8 Å². The van der Waals surface area contributed by atoms with Crippen molar-refractivity contribution >= 4 is 20.0 Å². The molecule has 0 amide bonds. The summed E-state index contributed by atoms with van der Waals surface area (Å²) in [6.07, 6.45) is 2.74. The lowest BCUT2D eigenvalue weighted by molar-refractivity contribution is 0.405. The van der Waals surface area contributed by atoms with E-state index < -0.39 is 20.0 Å². The highest BCUT2D eigenvalue weighted by Gasteiger charge is 2.36. The Morgan fingerprint density at radius 1 is 1.14 bits per heavy atom. The highest BCUT2D eigenvalue weighted by Crippen LogP contribution is 2.30. The van der Waals surface area contributed by atoms with E-state index >= 15 is 0 Å². The third kappa shape index (κ3) is 5.39. The van der Waals surface area contributed by atoms with Gasteiger partial charge in [-0.25, -0.2) is 21.6 Å². The molecule has 0 unspecified atom stereocenters. The number of hydrogen-bond acceptors (Lipinski definition) is 4. The third-order valence-corrected chi connectivity index (χ3v) is 5.82. The smallest absolute Gasteiger partial charge is 0.214 e. The van der Waals surface area contributed by atoms with Gasteiger partial charge in [-0.05, 0) is 18.4 Å². The van der Waals surface area contributed by atoms with Gasteiger partial charge in [-0.3, -0.25) is 0 Å². The van der Waals surface area contributed by atoms with Gasteiger partial charge in [0.25, 0.3) is 0 Å². The maximum Gasteiger partial charge on any atom is 0.218 e. The van der Waals surface area contributed by atoms with Crippen molar-refractivity contribution in [3.05, 3.63) is 35.9 Å². The van der Waals surface area contributed by atoms with Crippen LogP contribution in [0.3, 0.4) is 0 Å². The maximum atomic E-state index is 12.5. The summed E-state index contributed by atoms with van der Waals surface area (Å²) >= 11 is 0. The molecule has 1 saturated carbocycles. The molecule has 1 fully saturated rings. The lowest BCUT2D eigenvalue weighted by atomic mass is 10.2. The lowest BCUT2D eigenvalue weighted by Gasteiger charge is -2.22. The van der Waals surface area contributed by atoms with E-state index in [0.717, 1.165) is 24.7 Å². The van der Waals surface area contributed by atoms with E-state index in [1.165, 1.54) is 4.31 Å². The van der Waals surface area contributed by atoms with Crippen LogP contribution in [0.4, 0.5) is 0 Å². The molecule has 0 spiro atoms. The first-order valence-corrected chi connectivity index (χ1v) is 10.3. The third-order valence-electron chi connectivity index (χ3n) is 3.20. The molecule has 0 radical (unpaired) electrons. The predicted molar refractivity (Wildman–Crippen MR) is 81.6 cm³/mol. The molecule has 1 aromatic rings. The van der Waals surface area contributed by atoms with Crippen LogP contribution >= 0.6 is 0 Å². The van der Waals surface area contributed by atoms with E-state index in [4.69, 9.17) is 0 Å². The molecule has 0 aromatic heterocycles. The normalized spacial score (nSPS) is 16.3. The summed E-state index contributed by atoms with van der Waals surface area (Å²) in [5, 5.41) is 0. The Morgan fingerprint density at radius 3 is 2.29 bits per heavy atom. The first-order chi connectivity index (χ1) is 9.78. The molecule has 0 aliphatic heterocycles. The van der Waals surface area contributed by atoms with Crippen LogP contribution in [0.2, 0.25) is 0 Å². The Balaban J connectivity index is 2.03. The SMILES string of the molecule is CS(=O)(=O)NCCN(C1CC1)S(=O)(=O)Cc1ccccc1. The molecule has 118 valence electrons. The molecule has 1 aliphatic carbocycles. The Hall–Kier alpha value is -0.960. The second kappa shape index (κ2) is 6.43. The number of hydrogen-bond donors (Lipinski definition) is 1. The molecule has 2 rings (SSSR count). The zero-order valence-electron chi connectivity index (χ0n) is 11.9. The molecular formula is C13H20N2O4S2. The molecule has 1 N–H and O–H groups in total. The highest BCUT2D eigenvalue weighted by molar-refractivity contribution is 7.88. The molecule has 0 heterocycles. The van der Waals surface area contributed by atoms with Crippen LogP contribution in [0.1, 0.15) is 18.4 Å². The first kappa shape index (κ1) is 16.4. The molecule has 8 heteroatoms. The van der Waals surface area contributed by atoms with E-state index in [9.17, 15) is 16.8 Å². The van der Waals surface area contributed by atoms with Gasteiger partial charge in [0, 0.05) is 19.1 Å². The monoisotopic (exact) mass is 332 g/mol. The summed E-state index contributed by atoms with van der Waals surface area (Å²) in [7, 11) is -6.73. The van der Waals surface area contributed by atoms with Crippen molar-refractivity contribution in [1.29, 1.82) is 0 Å². The van der Waals surface area contributed by atoms with Crippen molar-refractivity contribution in [1.82, 2.24) is 9.03 Å². The largest absolute Gasteiger partial charge is 0.218 e. The Bertz CT molecular complexity index is 667. The van der Waals surface area contributed by atoms with Crippen LogP contribution in [0, 0.1) is 0 Å². The minimum Gasteiger partial charge on any atom is -0.214 e. The van der Waals surface area contributed by atoms with Crippen molar-refractivity contribution in [3.8, 4) is 0 Å². The van der Waals surface area contributed by atoms with E-state index in [-0.39, 0.29) is 24.9 Å².